The van der Waals surface area contributed by atoms with Gasteiger partial charge in [-0.05, 0) is 100 Å². The maximum atomic E-state index is 7.28. The Labute approximate surface area is 457 Å². The molecular formula is C74H50N2OS. The molecule has 0 radical (unpaired) electrons. The van der Waals surface area contributed by atoms with Crippen molar-refractivity contribution < 1.29 is 4.42 Å². The summed E-state index contributed by atoms with van der Waals surface area (Å²) in [5, 5.41) is 4.81. The zero-order valence-electron chi connectivity index (χ0n) is 42.7. The molecule has 0 unspecified atom stereocenters. The van der Waals surface area contributed by atoms with E-state index in [0.29, 0.717) is 0 Å². The van der Waals surface area contributed by atoms with Crippen molar-refractivity contribution in [2.75, 3.05) is 0 Å². The third-order valence-corrected chi connectivity index (χ3v) is 16.9. The van der Waals surface area contributed by atoms with Crippen LogP contribution in [-0.2, 0) is 0 Å². The normalized spacial score (nSPS) is 12.5. The molecule has 0 amide bonds. The lowest BCUT2D eigenvalue weighted by atomic mass is 9.90. The SMILES string of the molecule is C1=CCCC(c2oc(-c3cccc(-n4c5ccccc5c5cc6c(cc54)c4ccccc4n6-c4cccc(-c5sc(-c6ccccc6)c(-c6ccccc6)c5-c5ccccc5)c4)c3)c(-c3ccccc3)c2-c2ccccc2)=C1. The maximum absolute atomic E-state index is 7.28. The van der Waals surface area contributed by atoms with Gasteiger partial charge in [0, 0.05) is 70.5 Å². The van der Waals surface area contributed by atoms with Gasteiger partial charge in [0.05, 0.1) is 22.1 Å². The molecule has 0 aliphatic heterocycles. The van der Waals surface area contributed by atoms with Gasteiger partial charge in [0.15, 0.2) is 0 Å². The van der Waals surface area contributed by atoms with Gasteiger partial charge >= 0.3 is 0 Å². The van der Waals surface area contributed by atoms with Gasteiger partial charge in [-0.2, -0.15) is 0 Å². The van der Waals surface area contributed by atoms with Crippen molar-refractivity contribution >= 4 is 60.5 Å². The standard InChI is InChI=1S/C74H50N2OS/c1-7-25-49(26-8-1)67-68(50-27-9-2-10-28-50)72(77-71(67)53-33-15-5-16-34-53)55-37-23-39-57(45-55)75-63-43-21-19-41-59(63)61-48-66-62(47-65(61)75)60-42-20-22-44-64(60)76(66)58-40-24-38-56(46-58)74-70(52-31-13-4-14-32-52)69(51-29-11-3-12-30-51)73(78-74)54-35-17-6-18-36-54/h1-15,17-33,35-48H,16,34H2. The van der Waals surface area contributed by atoms with Gasteiger partial charge in [-0.25, -0.2) is 0 Å². The maximum Gasteiger partial charge on any atom is 0.143 e. The highest BCUT2D eigenvalue weighted by atomic mass is 32.1. The molecule has 14 aromatic rings. The fourth-order valence-electron chi connectivity index (χ4n) is 12.2. The summed E-state index contributed by atoms with van der Waals surface area (Å²) in [6.45, 7) is 0. The van der Waals surface area contributed by atoms with E-state index in [0.717, 1.165) is 80.1 Å². The summed E-state index contributed by atoms with van der Waals surface area (Å²) in [5.74, 6) is 1.80. The van der Waals surface area contributed by atoms with E-state index >= 15 is 0 Å². The fourth-order valence-corrected chi connectivity index (χ4v) is 13.5. The zero-order valence-corrected chi connectivity index (χ0v) is 43.5. The van der Waals surface area contributed by atoms with Crippen LogP contribution in [0, 0.1) is 0 Å². The van der Waals surface area contributed by atoms with Crippen LogP contribution in [-0.4, -0.2) is 9.13 Å². The van der Waals surface area contributed by atoms with Gasteiger partial charge in [0.2, 0.25) is 0 Å². The van der Waals surface area contributed by atoms with E-state index in [4.69, 9.17) is 4.42 Å². The summed E-state index contributed by atoms with van der Waals surface area (Å²) in [7, 11) is 0. The Balaban J connectivity index is 0.927. The van der Waals surface area contributed by atoms with E-state index < -0.39 is 0 Å². The second kappa shape index (κ2) is 19.1. The summed E-state index contributed by atoms with van der Waals surface area (Å²) in [6.07, 6.45) is 8.54. The first-order valence-electron chi connectivity index (χ1n) is 26.9. The minimum Gasteiger partial charge on any atom is -0.455 e. The Hall–Kier alpha value is -9.74. The minimum absolute atomic E-state index is 0.867. The number of thiophene rings is 1. The van der Waals surface area contributed by atoms with Gasteiger partial charge in [0.25, 0.3) is 0 Å². The van der Waals surface area contributed by atoms with Crippen molar-refractivity contribution in [3.8, 4) is 88.1 Å². The van der Waals surface area contributed by atoms with E-state index in [1.165, 1.54) is 75.8 Å². The number of furan rings is 1. The molecule has 10 aromatic carbocycles. The molecule has 0 saturated heterocycles. The number of fused-ring (bicyclic) bond motifs is 6. The molecule has 0 atom stereocenters. The van der Waals surface area contributed by atoms with E-state index in [2.05, 4.69) is 288 Å². The van der Waals surface area contributed by atoms with Crippen molar-refractivity contribution in [3.05, 3.63) is 285 Å². The summed E-state index contributed by atoms with van der Waals surface area (Å²) >= 11 is 1.88. The van der Waals surface area contributed by atoms with Crippen molar-refractivity contribution in [2.24, 2.45) is 0 Å². The third-order valence-electron chi connectivity index (χ3n) is 15.6. The molecule has 15 rings (SSSR count). The first-order chi connectivity index (χ1) is 38.7. The number of allylic oxidation sites excluding steroid dienone is 4. The smallest absolute Gasteiger partial charge is 0.143 e. The largest absolute Gasteiger partial charge is 0.455 e. The molecule has 4 heteroatoms. The molecule has 1 aliphatic rings. The van der Waals surface area contributed by atoms with Crippen LogP contribution in [0.25, 0.3) is 137 Å². The van der Waals surface area contributed by atoms with E-state index in [-0.39, 0.29) is 0 Å². The van der Waals surface area contributed by atoms with Gasteiger partial charge in [-0.15, -0.1) is 11.3 Å². The van der Waals surface area contributed by atoms with Gasteiger partial charge in [-0.1, -0.05) is 231 Å². The highest BCUT2D eigenvalue weighted by Crippen LogP contribution is 2.53. The molecule has 3 nitrogen and oxygen atoms in total. The molecule has 0 saturated carbocycles. The van der Waals surface area contributed by atoms with Crippen LogP contribution in [0.15, 0.2) is 283 Å². The van der Waals surface area contributed by atoms with Crippen molar-refractivity contribution in [3.63, 3.8) is 0 Å². The second-order valence-electron chi connectivity index (χ2n) is 20.2. The van der Waals surface area contributed by atoms with Gasteiger partial charge in [-0.3, -0.25) is 0 Å². The molecule has 368 valence electrons. The van der Waals surface area contributed by atoms with E-state index in [9.17, 15) is 0 Å². The zero-order chi connectivity index (χ0) is 51.5. The van der Waals surface area contributed by atoms with Crippen LogP contribution in [0.4, 0.5) is 0 Å². The van der Waals surface area contributed by atoms with Crippen molar-refractivity contribution in [1.29, 1.82) is 0 Å². The predicted octanol–water partition coefficient (Wildman–Crippen LogP) is 20.9. The second-order valence-corrected chi connectivity index (χ2v) is 21.2. The van der Waals surface area contributed by atoms with Crippen LogP contribution >= 0.6 is 11.3 Å². The molecule has 1 aliphatic carbocycles. The molecule has 0 spiro atoms. The first kappa shape index (κ1) is 45.6. The highest BCUT2D eigenvalue weighted by molar-refractivity contribution is 7.20. The Morgan fingerprint density at radius 3 is 1.23 bits per heavy atom. The fraction of sp³-hybridized carbons (Fsp3) is 0.0270. The number of hydrogen-bond acceptors (Lipinski definition) is 2. The molecule has 78 heavy (non-hydrogen) atoms. The number of para-hydroxylation sites is 2. The average molecular weight is 1020 g/mol. The molecule has 4 heterocycles. The summed E-state index contributed by atoms with van der Waals surface area (Å²) in [5.41, 5.74) is 20.9. The summed E-state index contributed by atoms with van der Waals surface area (Å²) in [4.78, 5) is 2.51. The van der Waals surface area contributed by atoms with Crippen LogP contribution < -0.4 is 0 Å². The Bertz CT molecular complexity index is 4630. The molecule has 4 aromatic heterocycles. The number of benzene rings is 10. The quantitative estimate of drug-likeness (QED) is 0.134. The van der Waals surface area contributed by atoms with E-state index in [1.807, 2.05) is 11.3 Å². The molecular weight excluding hydrogens is 965 g/mol. The van der Waals surface area contributed by atoms with Crippen molar-refractivity contribution in [2.45, 2.75) is 12.8 Å². The monoisotopic (exact) mass is 1010 g/mol. The lowest BCUT2D eigenvalue weighted by Crippen LogP contribution is -1.95. The Morgan fingerprint density at radius 1 is 0.321 bits per heavy atom. The van der Waals surface area contributed by atoms with Crippen LogP contribution in [0.3, 0.4) is 0 Å². The average Bonchev–Trinajstić information content (AvgIpc) is 4.48. The van der Waals surface area contributed by atoms with Crippen LogP contribution in [0.1, 0.15) is 18.6 Å². The Morgan fingerprint density at radius 2 is 0.731 bits per heavy atom. The van der Waals surface area contributed by atoms with E-state index in [1.54, 1.807) is 0 Å². The number of hydrogen-bond donors (Lipinski definition) is 0. The topological polar surface area (TPSA) is 23.0 Å². The molecule has 0 bridgehead atoms. The molecule has 0 fully saturated rings. The first-order valence-corrected chi connectivity index (χ1v) is 27.7. The molecule has 0 N–H and O–H groups in total. The van der Waals surface area contributed by atoms with Gasteiger partial charge < -0.3 is 13.6 Å². The van der Waals surface area contributed by atoms with Crippen molar-refractivity contribution in [1.82, 2.24) is 9.13 Å². The van der Waals surface area contributed by atoms with Crippen LogP contribution in [0.5, 0.6) is 0 Å². The highest BCUT2D eigenvalue weighted by Gasteiger charge is 2.28. The summed E-state index contributed by atoms with van der Waals surface area (Å²) < 4.78 is 12.2. The minimum atomic E-state index is 0.867. The lowest BCUT2D eigenvalue weighted by Gasteiger charge is -2.13. The van der Waals surface area contributed by atoms with Crippen LogP contribution in [0.2, 0.25) is 0 Å². The number of nitrogens with zero attached hydrogens (tertiary/aromatic N) is 2. The predicted molar refractivity (Wildman–Crippen MR) is 330 cm³/mol. The van der Waals surface area contributed by atoms with Gasteiger partial charge in [0.1, 0.15) is 11.5 Å². The third kappa shape index (κ3) is 7.63. The Kier molecular flexibility index (Phi) is 11.2. The summed E-state index contributed by atoms with van der Waals surface area (Å²) in [6, 6.07) is 95.0. The number of aromatic nitrogens is 2. The lowest BCUT2D eigenvalue weighted by molar-refractivity contribution is 0.566. The number of rotatable bonds is 10.